The fourth-order valence-electron chi connectivity index (χ4n) is 3.06. The number of hydrogen-bond acceptors (Lipinski definition) is 2. The molecule has 1 atom stereocenters. The highest BCUT2D eigenvalue weighted by Gasteiger charge is 2.40. The second kappa shape index (κ2) is 5.39. The lowest BCUT2D eigenvalue weighted by Crippen LogP contribution is -2.62. The van der Waals surface area contributed by atoms with Crippen molar-refractivity contribution in [3.8, 4) is 0 Å². The molecule has 1 unspecified atom stereocenters. The molecule has 2 aliphatic rings. The molecule has 4 heteroatoms. The maximum Gasteiger partial charge on any atom is 0.124 e. The van der Waals surface area contributed by atoms with Crippen LogP contribution >= 0.6 is 15.9 Å². The molecule has 1 aliphatic carbocycles. The van der Waals surface area contributed by atoms with Crippen molar-refractivity contribution in [1.82, 2.24) is 10.2 Å². The number of rotatable bonds is 3. The molecule has 0 bridgehead atoms. The summed E-state index contributed by atoms with van der Waals surface area (Å²) in [4.78, 5) is 2.49. The van der Waals surface area contributed by atoms with Crippen LogP contribution in [0.3, 0.4) is 0 Å². The van der Waals surface area contributed by atoms with Crippen molar-refractivity contribution < 1.29 is 4.39 Å². The molecule has 1 aliphatic heterocycles. The minimum absolute atomic E-state index is 0.115. The van der Waals surface area contributed by atoms with Crippen LogP contribution in [0.4, 0.5) is 4.39 Å². The zero-order valence-electron chi connectivity index (χ0n) is 12.1. The lowest BCUT2D eigenvalue weighted by molar-refractivity contribution is 0.0533. The molecule has 0 spiro atoms. The summed E-state index contributed by atoms with van der Waals surface area (Å²) in [5.74, 6) is 0.689. The summed E-state index contributed by atoms with van der Waals surface area (Å²) < 4.78 is 14.3. The third-order valence-electron chi connectivity index (χ3n) is 4.56. The average Bonchev–Trinajstić information content (AvgIpc) is 3.14. The van der Waals surface area contributed by atoms with Gasteiger partial charge in [-0.1, -0.05) is 15.9 Å². The van der Waals surface area contributed by atoms with Crippen molar-refractivity contribution in [2.24, 2.45) is 5.92 Å². The van der Waals surface area contributed by atoms with Crippen LogP contribution in [0.1, 0.15) is 32.3 Å². The molecule has 0 aromatic heterocycles. The first kappa shape index (κ1) is 14.5. The third-order valence-corrected chi connectivity index (χ3v) is 5.01. The van der Waals surface area contributed by atoms with Gasteiger partial charge < -0.3 is 5.32 Å². The van der Waals surface area contributed by atoms with Crippen LogP contribution in [-0.2, 0) is 6.54 Å². The summed E-state index contributed by atoms with van der Waals surface area (Å²) in [7, 11) is 0. The first-order chi connectivity index (χ1) is 9.44. The van der Waals surface area contributed by atoms with Gasteiger partial charge in [0.05, 0.1) is 0 Å². The van der Waals surface area contributed by atoms with Gasteiger partial charge in [0.1, 0.15) is 5.82 Å². The Balaban J connectivity index is 1.75. The summed E-state index contributed by atoms with van der Waals surface area (Å²) in [6, 6.07) is 5.79. The highest BCUT2D eigenvalue weighted by atomic mass is 79.9. The van der Waals surface area contributed by atoms with E-state index in [9.17, 15) is 4.39 Å². The van der Waals surface area contributed by atoms with E-state index in [1.807, 2.05) is 6.07 Å². The first-order valence-corrected chi connectivity index (χ1v) is 8.17. The van der Waals surface area contributed by atoms with Crippen LogP contribution in [0.15, 0.2) is 22.7 Å². The van der Waals surface area contributed by atoms with E-state index >= 15 is 0 Å². The van der Waals surface area contributed by atoms with Crippen molar-refractivity contribution in [2.75, 3.05) is 13.1 Å². The van der Waals surface area contributed by atoms with Crippen molar-refractivity contribution in [3.05, 3.63) is 34.1 Å². The monoisotopic (exact) mass is 340 g/mol. The summed E-state index contributed by atoms with van der Waals surface area (Å²) in [5.41, 5.74) is 1.16. The van der Waals surface area contributed by atoms with Crippen LogP contribution in [0.25, 0.3) is 0 Å². The van der Waals surface area contributed by atoms with Crippen molar-refractivity contribution in [2.45, 2.75) is 44.8 Å². The topological polar surface area (TPSA) is 15.3 Å². The Morgan fingerprint density at radius 2 is 2.10 bits per heavy atom. The highest BCUT2D eigenvalue weighted by molar-refractivity contribution is 9.10. The van der Waals surface area contributed by atoms with Crippen LogP contribution in [-0.4, -0.2) is 29.6 Å². The number of nitrogens with zero attached hydrogens (tertiary/aromatic N) is 1. The van der Waals surface area contributed by atoms with Crippen molar-refractivity contribution in [3.63, 3.8) is 0 Å². The van der Waals surface area contributed by atoms with E-state index in [4.69, 9.17) is 0 Å². The quantitative estimate of drug-likeness (QED) is 0.905. The zero-order chi connectivity index (χ0) is 14.3. The Hall–Kier alpha value is -0.450. The third kappa shape index (κ3) is 3.23. The van der Waals surface area contributed by atoms with Crippen LogP contribution in [0.5, 0.6) is 0 Å². The van der Waals surface area contributed by atoms with Crippen LogP contribution in [0, 0.1) is 11.7 Å². The second-order valence-corrected chi connectivity index (χ2v) is 7.71. The van der Waals surface area contributed by atoms with Gasteiger partial charge in [0, 0.05) is 35.7 Å². The molecule has 0 radical (unpaired) electrons. The molecule has 110 valence electrons. The minimum atomic E-state index is -0.166. The van der Waals surface area contributed by atoms with Gasteiger partial charge in [-0.05, 0) is 56.4 Å². The maximum absolute atomic E-state index is 13.5. The molecule has 20 heavy (non-hydrogen) atoms. The smallest absolute Gasteiger partial charge is 0.124 e. The molecule has 3 rings (SSSR count). The maximum atomic E-state index is 13.5. The summed E-state index contributed by atoms with van der Waals surface area (Å²) in [6.07, 6.45) is 2.72. The van der Waals surface area contributed by atoms with E-state index in [2.05, 4.69) is 40.0 Å². The van der Waals surface area contributed by atoms with Crippen LogP contribution in [0.2, 0.25) is 0 Å². The Morgan fingerprint density at radius 1 is 1.35 bits per heavy atom. The van der Waals surface area contributed by atoms with E-state index in [1.165, 1.54) is 18.9 Å². The molecule has 2 fully saturated rings. The Labute approximate surface area is 128 Å². The predicted octanol–water partition coefficient (Wildman–Crippen LogP) is 3.55. The van der Waals surface area contributed by atoms with Gasteiger partial charge >= 0.3 is 0 Å². The van der Waals surface area contributed by atoms with Crippen molar-refractivity contribution >= 4 is 15.9 Å². The molecule has 0 amide bonds. The Kier molecular flexibility index (Phi) is 3.91. The molecule has 1 saturated heterocycles. The normalized spacial score (nSPS) is 26.7. The highest BCUT2D eigenvalue weighted by Crippen LogP contribution is 2.36. The Bertz CT molecular complexity index is 479. The van der Waals surface area contributed by atoms with Gasteiger partial charge in [0.2, 0.25) is 0 Å². The molecule has 1 aromatic carbocycles. The second-order valence-electron chi connectivity index (χ2n) is 6.80. The van der Waals surface area contributed by atoms with E-state index in [1.54, 1.807) is 6.07 Å². The fourth-order valence-corrected chi connectivity index (χ4v) is 3.57. The van der Waals surface area contributed by atoms with E-state index in [0.29, 0.717) is 6.04 Å². The van der Waals surface area contributed by atoms with Gasteiger partial charge in [-0.3, -0.25) is 4.90 Å². The zero-order valence-corrected chi connectivity index (χ0v) is 13.7. The van der Waals surface area contributed by atoms with Crippen molar-refractivity contribution in [1.29, 1.82) is 0 Å². The van der Waals surface area contributed by atoms with Crippen LogP contribution < -0.4 is 5.32 Å². The number of halogens is 2. The summed E-state index contributed by atoms with van der Waals surface area (Å²) in [5, 5.41) is 3.68. The lowest BCUT2D eigenvalue weighted by Gasteiger charge is -2.46. The number of nitrogens with one attached hydrogen (secondary N) is 1. The largest absolute Gasteiger partial charge is 0.311 e. The summed E-state index contributed by atoms with van der Waals surface area (Å²) in [6.45, 7) is 7.40. The lowest BCUT2D eigenvalue weighted by atomic mass is 9.95. The van der Waals surface area contributed by atoms with Gasteiger partial charge in [-0.15, -0.1) is 0 Å². The number of piperazine rings is 1. The molecule has 2 nitrogen and oxygen atoms in total. The molecule has 1 heterocycles. The molecular weight excluding hydrogens is 319 g/mol. The number of hydrogen-bond donors (Lipinski definition) is 1. The van der Waals surface area contributed by atoms with Gasteiger partial charge in [0.15, 0.2) is 0 Å². The van der Waals surface area contributed by atoms with Gasteiger partial charge in [-0.2, -0.15) is 0 Å². The van der Waals surface area contributed by atoms with E-state index in [0.717, 1.165) is 35.6 Å². The fraction of sp³-hybridized carbons (Fsp3) is 0.625. The summed E-state index contributed by atoms with van der Waals surface area (Å²) >= 11 is 3.38. The van der Waals surface area contributed by atoms with Gasteiger partial charge in [-0.25, -0.2) is 4.39 Å². The standard InChI is InChI=1S/C16H22BrFN2/c1-16(2)10-19-15(12-3-4-12)9-20(16)8-11-5-13(17)7-14(18)6-11/h5-7,12,15,19H,3-4,8-10H2,1-2H3. The first-order valence-electron chi connectivity index (χ1n) is 7.37. The minimum Gasteiger partial charge on any atom is -0.311 e. The van der Waals surface area contributed by atoms with E-state index in [-0.39, 0.29) is 11.4 Å². The number of benzene rings is 1. The SMILES string of the molecule is CC1(C)CNC(C2CC2)CN1Cc1cc(F)cc(Br)c1. The van der Waals surface area contributed by atoms with Gasteiger partial charge in [0.25, 0.3) is 0 Å². The van der Waals surface area contributed by atoms with E-state index < -0.39 is 0 Å². The predicted molar refractivity (Wildman–Crippen MR) is 83.1 cm³/mol. The molecule has 1 N–H and O–H groups in total. The molecule has 1 aromatic rings. The average molecular weight is 341 g/mol. The molecular formula is C16H22BrFN2. The Morgan fingerprint density at radius 3 is 2.75 bits per heavy atom. The molecule has 1 saturated carbocycles.